The number of rotatable bonds is 6. The Morgan fingerprint density at radius 3 is 2.64 bits per heavy atom. The van der Waals surface area contributed by atoms with E-state index in [9.17, 15) is 0 Å². The van der Waals surface area contributed by atoms with Crippen LogP contribution < -0.4 is 24.8 Å². The number of benzene rings is 1. The molecule has 146 valence electrons. The second kappa shape index (κ2) is 10.3. The minimum Gasteiger partial charge on any atom is -1.00 e. The Bertz CT molecular complexity index is 920. The van der Waals surface area contributed by atoms with Crippen molar-refractivity contribution >= 4 is 11.8 Å². The van der Waals surface area contributed by atoms with Crippen molar-refractivity contribution in [1.29, 1.82) is 0 Å². The number of hydrogen-bond donors (Lipinski definition) is 0. The Labute approximate surface area is 193 Å². The summed E-state index contributed by atoms with van der Waals surface area (Å²) in [5.41, 5.74) is 8.89. The molecule has 1 atom stereocenters. The summed E-state index contributed by atoms with van der Waals surface area (Å²) in [7, 11) is 0. The van der Waals surface area contributed by atoms with E-state index in [0.29, 0.717) is 3.63 Å². The third-order valence-corrected chi connectivity index (χ3v) is 9.83. The molecule has 0 saturated heterocycles. The summed E-state index contributed by atoms with van der Waals surface area (Å²) < 4.78 is 4.90. The molecule has 28 heavy (non-hydrogen) atoms. The van der Waals surface area contributed by atoms with Crippen LogP contribution in [0, 0.1) is 13.8 Å². The molecule has 1 unspecified atom stereocenters. The molecule has 0 N–H and O–H groups in total. The molecule has 0 spiro atoms. The topological polar surface area (TPSA) is 4.93 Å². The molecule has 0 bridgehead atoms. The van der Waals surface area contributed by atoms with Crippen LogP contribution in [0.15, 0.2) is 57.5 Å². The third-order valence-electron chi connectivity index (χ3n) is 5.48. The van der Waals surface area contributed by atoms with Crippen molar-refractivity contribution in [2.24, 2.45) is 0 Å². The summed E-state index contributed by atoms with van der Waals surface area (Å²) in [5, 5.41) is 0. The van der Waals surface area contributed by atoms with Crippen LogP contribution in [0.1, 0.15) is 58.6 Å². The van der Waals surface area contributed by atoms with Gasteiger partial charge in [0.15, 0.2) is 0 Å². The number of allylic oxidation sites excluding steroid dienone is 5. The van der Waals surface area contributed by atoms with Gasteiger partial charge < -0.3 is 24.8 Å². The second-order valence-electron chi connectivity index (χ2n) is 7.52. The molecule has 2 aliphatic rings. The molecule has 0 aliphatic heterocycles. The second-order valence-corrected chi connectivity index (χ2v) is 11.1. The molecule has 2 aliphatic carbocycles. The Hall–Kier alpha value is -0.817. The van der Waals surface area contributed by atoms with Crippen LogP contribution >= 0.6 is 0 Å². The molecule has 0 fully saturated rings. The van der Waals surface area contributed by atoms with Gasteiger partial charge in [-0.25, -0.2) is 0 Å². The first-order valence-electron chi connectivity index (χ1n) is 9.79. The number of aromatic nitrogens is 1. The van der Waals surface area contributed by atoms with E-state index >= 15 is 0 Å². The van der Waals surface area contributed by atoms with Gasteiger partial charge in [0.25, 0.3) is 0 Å². The summed E-state index contributed by atoms with van der Waals surface area (Å²) >= 11 is -0.734. The van der Waals surface area contributed by atoms with E-state index in [4.69, 9.17) is 0 Å². The number of halogens is 2. The molecule has 1 nitrogen and oxygen atoms in total. The monoisotopic (exact) mass is 489 g/mol. The first-order chi connectivity index (χ1) is 12.7. The average molecular weight is 492 g/mol. The zero-order valence-electron chi connectivity index (χ0n) is 16.8. The van der Waals surface area contributed by atoms with E-state index in [1.807, 2.05) is 3.28 Å². The van der Waals surface area contributed by atoms with Crippen LogP contribution in [0.5, 0.6) is 0 Å². The Morgan fingerprint density at radius 2 is 1.93 bits per heavy atom. The van der Waals surface area contributed by atoms with Gasteiger partial charge in [0.1, 0.15) is 0 Å². The number of fused-ring (bicyclic) bond motifs is 1. The quantitative estimate of drug-likeness (QED) is 0.560. The van der Waals surface area contributed by atoms with E-state index in [0.717, 1.165) is 0 Å². The molecule has 2 aromatic rings. The van der Waals surface area contributed by atoms with Crippen LogP contribution in [0.2, 0.25) is 0 Å². The first-order valence-corrected chi connectivity index (χ1v) is 12.4. The molecule has 0 saturated carbocycles. The predicted octanol–water partition coefficient (Wildman–Crippen LogP) is 0.652. The number of aryl methyl sites for hydroxylation is 2. The van der Waals surface area contributed by atoms with E-state index < -0.39 is 23.2 Å². The molecule has 1 heterocycles. The Morgan fingerprint density at radius 1 is 1.14 bits per heavy atom. The van der Waals surface area contributed by atoms with Gasteiger partial charge in [0.2, 0.25) is 0 Å². The fourth-order valence-electron chi connectivity index (χ4n) is 4.17. The SMILES string of the molecule is CCCCC1=[C]([Zr+2][CH]2C(n3cc(C)cc3C)=Cc3ccccc32)CC=C1.[Cl-].[Cl-]. The average Bonchev–Trinajstić information content (AvgIpc) is 3.31. The van der Waals surface area contributed by atoms with Crippen molar-refractivity contribution in [3.8, 4) is 0 Å². The molecular formula is C24H27Cl2NZr. The van der Waals surface area contributed by atoms with Gasteiger partial charge >= 0.3 is 170 Å². The summed E-state index contributed by atoms with van der Waals surface area (Å²) in [4.78, 5) is 0. The van der Waals surface area contributed by atoms with Gasteiger partial charge in [-0.2, -0.15) is 0 Å². The van der Waals surface area contributed by atoms with Gasteiger partial charge in [-0.1, -0.05) is 0 Å². The van der Waals surface area contributed by atoms with Crippen molar-refractivity contribution in [2.45, 2.75) is 50.1 Å². The standard InChI is InChI=1S/C15H14N.C9H13.2ClH.Zr/c1-11-7-12(2)16(10-11)15-8-13-5-3-4-6-14(13)9-15;1-2-3-6-9-7-4-5-8-9;;;/h3-10H,1-2H3;4,7H,2-3,5-6H2,1H3;2*1H;/q;;;;+2/p-2. The molecule has 1 aromatic carbocycles. The maximum absolute atomic E-state index is 2.45. The fourth-order valence-corrected chi connectivity index (χ4v) is 8.51. The largest absolute Gasteiger partial charge is 1.00 e. The van der Waals surface area contributed by atoms with E-state index in [2.05, 4.69) is 80.1 Å². The van der Waals surface area contributed by atoms with E-state index in [1.54, 1.807) is 11.1 Å². The van der Waals surface area contributed by atoms with Crippen LogP contribution in [-0.4, -0.2) is 4.57 Å². The summed E-state index contributed by atoms with van der Waals surface area (Å²) in [6.07, 6.45) is 14.7. The van der Waals surface area contributed by atoms with Gasteiger partial charge in [0.05, 0.1) is 0 Å². The van der Waals surface area contributed by atoms with Crippen LogP contribution in [0.25, 0.3) is 11.8 Å². The summed E-state index contributed by atoms with van der Waals surface area (Å²) in [5.74, 6) is 0. The van der Waals surface area contributed by atoms with Gasteiger partial charge in [-0.05, 0) is 0 Å². The molecule has 4 heteroatoms. The molecular weight excluding hydrogens is 464 g/mol. The molecule has 0 radical (unpaired) electrons. The number of nitrogens with zero attached hydrogens (tertiary/aromatic N) is 1. The van der Waals surface area contributed by atoms with Crippen molar-refractivity contribution in [3.63, 3.8) is 0 Å². The van der Waals surface area contributed by atoms with Crippen molar-refractivity contribution in [2.75, 3.05) is 0 Å². The Kier molecular flexibility index (Phi) is 8.62. The predicted molar refractivity (Wildman–Crippen MR) is 108 cm³/mol. The molecule has 4 rings (SSSR count). The van der Waals surface area contributed by atoms with Gasteiger partial charge in [-0.15, -0.1) is 0 Å². The van der Waals surface area contributed by atoms with Crippen molar-refractivity contribution in [1.82, 2.24) is 4.57 Å². The van der Waals surface area contributed by atoms with E-state index in [-0.39, 0.29) is 24.8 Å². The first kappa shape index (κ1) is 23.5. The van der Waals surface area contributed by atoms with Crippen LogP contribution in [-0.2, 0) is 23.2 Å². The fraction of sp³-hybridized carbons (Fsp3) is 0.333. The van der Waals surface area contributed by atoms with Crippen molar-refractivity contribution < 1.29 is 48.0 Å². The van der Waals surface area contributed by atoms with E-state index in [1.165, 1.54) is 48.2 Å². The van der Waals surface area contributed by atoms with Gasteiger partial charge in [-0.3, -0.25) is 0 Å². The maximum atomic E-state index is 2.45. The Balaban J connectivity index is 0.00000140. The maximum Gasteiger partial charge on any atom is -1.00 e. The van der Waals surface area contributed by atoms with Crippen LogP contribution in [0.4, 0.5) is 0 Å². The molecule has 1 aromatic heterocycles. The minimum absolute atomic E-state index is 0. The van der Waals surface area contributed by atoms with Crippen LogP contribution in [0.3, 0.4) is 0 Å². The van der Waals surface area contributed by atoms with Gasteiger partial charge in [0, 0.05) is 0 Å². The number of hydrogen-bond acceptors (Lipinski definition) is 0. The zero-order chi connectivity index (χ0) is 18.1. The zero-order valence-corrected chi connectivity index (χ0v) is 20.8. The smallest absolute Gasteiger partial charge is 1.00 e. The summed E-state index contributed by atoms with van der Waals surface area (Å²) in [6, 6.07) is 11.4. The summed E-state index contributed by atoms with van der Waals surface area (Å²) in [6.45, 7) is 6.74. The van der Waals surface area contributed by atoms with Crippen molar-refractivity contribution in [3.05, 3.63) is 79.9 Å². The third kappa shape index (κ3) is 4.67. The normalized spacial score (nSPS) is 17.0. The molecule has 0 amide bonds. The number of unbranched alkanes of at least 4 members (excludes halogenated alkanes) is 1. The minimum atomic E-state index is -0.734.